The first-order chi connectivity index (χ1) is 32.6. The highest BCUT2D eigenvalue weighted by molar-refractivity contribution is 5.97. The number of rotatable bonds is 9. The molecule has 0 radical (unpaired) electrons. The predicted octanol–water partition coefficient (Wildman–Crippen LogP) is 16.3. The van der Waals surface area contributed by atoms with Gasteiger partial charge in [0.25, 0.3) is 0 Å². The molecule has 0 aliphatic heterocycles. The lowest BCUT2D eigenvalue weighted by Crippen LogP contribution is -2.09. The largest absolute Gasteiger partial charge is 0.311 e. The van der Waals surface area contributed by atoms with Crippen LogP contribution in [0.15, 0.2) is 249 Å². The van der Waals surface area contributed by atoms with Gasteiger partial charge in [-0.2, -0.15) is 0 Å². The monoisotopic (exact) mass is 759 g/mol. The molecule has 0 atom stereocenters. The third kappa shape index (κ3) is 7.46. The van der Waals surface area contributed by atoms with Crippen molar-refractivity contribution < 1.29 is 11.0 Å². The molecule has 0 unspecified atom stereocenters. The second kappa shape index (κ2) is 16.0. The van der Waals surface area contributed by atoms with Crippen molar-refractivity contribution in [3.05, 3.63) is 249 Å². The second-order valence-corrected chi connectivity index (χ2v) is 14.3. The summed E-state index contributed by atoms with van der Waals surface area (Å²) in [5.41, 5.74) is 8.56. The highest BCUT2D eigenvalue weighted by Crippen LogP contribution is 2.40. The van der Waals surface area contributed by atoms with Crippen LogP contribution >= 0.6 is 0 Å². The number of nitrogens with zero attached hydrogens (tertiary/aromatic N) is 1. The molecule has 278 valence electrons. The molecule has 10 aromatic carbocycles. The van der Waals surface area contributed by atoms with Gasteiger partial charge in [-0.15, -0.1) is 0 Å². The van der Waals surface area contributed by atoms with Crippen LogP contribution in [0.1, 0.15) is 11.0 Å². The molecule has 0 saturated heterocycles. The summed E-state index contributed by atoms with van der Waals surface area (Å²) >= 11 is 0. The minimum absolute atomic E-state index is 0.0917. The predicted molar refractivity (Wildman–Crippen MR) is 251 cm³/mol. The summed E-state index contributed by atoms with van der Waals surface area (Å²) in [7, 11) is 0. The van der Waals surface area contributed by atoms with Gasteiger partial charge in [-0.1, -0.05) is 188 Å². The van der Waals surface area contributed by atoms with Crippen LogP contribution in [-0.4, -0.2) is 0 Å². The second-order valence-electron chi connectivity index (χ2n) is 14.3. The number of hydrogen-bond acceptors (Lipinski definition) is 1. The molecule has 10 aromatic rings. The van der Waals surface area contributed by atoms with Gasteiger partial charge in [0.1, 0.15) is 0 Å². The summed E-state index contributed by atoms with van der Waals surface area (Å²) in [5.74, 6) is 0. The van der Waals surface area contributed by atoms with Gasteiger partial charge in [0, 0.05) is 17.1 Å². The molecular weight excluding hydrogens is 711 g/mol. The molecule has 1 nitrogen and oxygen atoms in total. The van der Waals surface area contributed by atoms with Crippen LogP contribution in [0.5, 0.6) is 0 Å². The van der Waals surface area contributed by atoms with Crippen molar-refractivity contribution >= 4 is 27.8 Å². The van der Waals surface area contributed by atoms with Crippen molar-refractivity contribution in [2.45, 2.75) is 0 Å². The van der Waals surface area contributed by atoms with Gasteiger partial charge in [-0.05, 0) is 138 Å². The molecule has 0 amide bonds. The summed E-state index contributed by atoms with van der Waals surface area (Å²) in [6.07, 6.45) is 0. The van der Waals surface area contributed by atoms with Crippen LogP contribution in [-0.2, 0) is 0 Å². The zero-order chi connectivity index (χ0) is 46.3. The van der Waals surface area contributed by atoms with Gasteiger partial charge >= 0.3 is 0 Å². The molecule has 1 heteroatoms. The van der Waals surface area contributed by atoms with E-state index in [9.17, 15) is 11.0 Å². The van der Waals surface area contributed by atoms with Crippen LogP contribution in [0.3, 0.4) is 0 Å². The minimum Gasteiger partial charge on any atom is -0.311 e. The Kier molecular flexibility index (Phi) is 7.54. The van der Waals surface area contributed by atoms with Crippen LogP contribution in [0.4, 0.5) is 17.1 Å². The SMILES string of the molecule is [2H]c1c([2H])c(N(c2ccc(-c3cccc(-c4cccc5ccccc45)c3)cc2)c2c([2H])c([2H])c(-c3cc(-c4ccccc4)cc(-c4ccccc4)c3)c([2H])c2[2H])c([2H])c([2H])c1-c1ccccc1. The van der Waals surface area contributed by atoms with Crippen LogP contribution in [0, 0.1) is 0 Å². The maximum Gasteiger partial charge on any atom is 0.0645 e. The van der Waals surface area contributed by atoms with Gasteiger partial charge < -0.3 is 4.90 Å². The molecule has 59 heavy (non-hydrogen) atoms. The van der Waals surface area contributed by atoms with Crippen molar-refractivity contribution in [1.29, 1.82) is 0 Å². The topological polar surface area (TPSA) is 3.24 Å². The van der Waals surface area contributed by atoms with E-state index in [1.54, 1.807) is 36.4 Å². The van der Waals surface area contributed by atoms with E-state index in [-0.39, 0.29) is 46.7 Å². The molecule has 0 fully saturated rings. The lowest BCUT2D eigenvalue weighted by atomic mass is 9.93. The van der Waals surface area contributed by atoms with Gasteiger partial charge in [-0.3, -0.25) is 0 Å². The highest BCUT2D eigenvalue weighted by atomic mass is 15.1. The Hall–Kier alpha value is -7.74. The third-order valence-electron chi connectivity index (χ3n) is 10.6. The van der Waals surface area contributed by atoms with Crippen molar-refractivity contribution in [2.75, 3.05) is 4.90 Å². The number of fused-ring (bicyclic) bond motifs is 1. The number of hydrogen-bond donors (Lipinski definition) is 0. The number of benzene rings is 10. The molecule has 0 bridgehead atoms. The summed E-state index contributed by atoms with van der Waals surface area (Å²) in [6, 6.07) is 61.4. The lowest BCUT2D eigenvalue weighted by molar-refractivity contribution is 1.28. The molecule has 0 aliphatic rings. The van der Waals surface area contributed by atoms with E-state index in [0.717, 1.165) is 55.3 Å². The van der Waals surface area contributed by atoms with E-state index < -0.39 is 24.2 Å². The Morgan fingerprint density at radius 3 is 1.22 bits per heavy atom. The fraction of sp³-hybridized carbons (Fsp3) is 0. The molecule has 0 aliphatic carbocycles. The zero-order valence-electron chi connectivity index (χ0n) is 40.0. The van der Waals surface area contributed by atoms with E-state index in [0.29, 0.717) is 16.8 Å². The molecule has 0 spiro atoms. The first-order valence-electron chi connectivity index (χ1n) is 23.6. The summed E-state index contributed by atoms with van der Waals surface area (Å²) < 4.78 is 76.1. The average molecular weight is 760 g/mol. The standard InChI is InChI=1S/C58H41N/c1-4-14-42(15-5-1)45-26-32-54(33-27-45)59(55-34-28-46(29-35-55)49-22-12-23-50(38-49)58-25-13-21-48-20-10-11-24-57(48)58)56-36-30-47(31-37-56)53-40-51(43-16-6-2-7-17-43)39-52(41-53)44-18-8-3-9-19-44/h1-41H/i26D,27D,30D,31D,32D,33D,36D,37D. The Bertz CT molecular complexity index is 3370. The first kappa shape index (κ1) is 27.8. The molecule has 0 aromatic heterocycles. The summed E-state index contributed by atoms with van der Waals surface area (Å²) in [5, 5.41) is 2.28. The summed E-state index contributed by atoms with van der Waals surface area (Å²) in [4.78, 5) is 1.35. The Balaban J connectivity index is 1.16. The molecule has 10 rings (SSSR count). The fourth-order valence-corrected chi connectivity index (χ4v) is 7.61. The first-order valence-corrected chi connectivity index (χ1v) is 19.6. The van der Waals surface area contributed by atoms with Crippen LogP contribution in [0.2, 0.25) is 0 Å². The zero-order valence-corrected chi connectivity index (χ0v) is 32.0. The Morgan fingerprint density at radius 2 is 0.644 bits per heavy atom. The van der Waals surface area contributed by atoms with Crippen LogP contribution in [0.25, 0.3) is 77.5 Å². The van der Waals surface area contributed by atoms with Gasteiger partial charge in [0.2, 0.25) is 0 Å². The average Bonchev–Trinajstić information content (AvgIpc) is 3.38. The maximum absolute atomic E-state index is 9.70. The molecule has 0 N–H and O–H groups in total. The van der Waals surface area contributed by atoms with Gasteiger partial charge in [-0.25, -0.2) is 0 Å². The van der Waals surface area contributed by atoms with E-state index in [2.05, 4.69) is 36.4 Å². The van der Waals surface area contributed by atoms with Crippen LogP contribution < -0.4 is 4.90 Å². The van der Waals surface area contributed by atoms with Crippen molar-refractivity contribution in [1.82, 2.24) is 0 Å². The maximum atomic E-state index is 9.70. The fourth-order valence-electron chi connectivity index (χ4n) is 7.61. The van der Waals surface area contributed by atoms with Gasteiger partial charge in [0.05, 0.1) is 11.0 Å². The summed E-state index contributed by atoms with van der Waals surface area (Å²) in [6.45, 7) is 0. The molecule has 0 saturated carbocycles. The lowest BCUT2D eigenvalue weighted by Gasteiger charge is -2.26. The Morgan fingerprint density at radius 1 is 0.254 bits per heavy atom. The normalized spacial score (nSPS) is 12.9. The van der Waals surface area contributed by atoms with E-state index in [1.807, 2.05) is 127 Å². The molecular formula is C58H41N. The Labute approximate surface area is 358 Å². The smallest absolute Gasteiger partial charge is 0.0645 e. The van der Waals surface area contributed by atoms with Crippen molar-refractivity contribution in [3.63, 3.8) is 0 Å². The molecule has 0 heterocycles. The van der Waals surface area contributed by atoms with Crippen molar-refractivity contribution in [2.24, 2.45) is 0 Å². The quantitative estimate of drug-likeness (QED) is 0.142. The van der Waals surface area contributed by atoms with E-state index in [4.69, 9.17) is 0 Å². The highest BCUT2D eigenvalue weighted by Gasteiger charge is 2.15. The van der Waals surface area contributed by atoms with Gasteiger partial charge in [0.15, 0.2) is 0 Å². The third-order valence-corrected chi connectivity index (χ3v) is 10.6. The minimum atomic E-state index is -0.404. The van der Waals surface area contributed by atoms with E-state index >= 15 is 0 Å². The van der Waals surface area contributed by atoms with E-state index in [1.165, 1.54) is 4.90 Å². The van der Waals surface area contributed by atoms with Crippen molar-refractivity contribution in [3.8, 4) is 66.8 Å². The number of anilines is 3.